The Morgan fingerprint density at radius 1 is 1.06 bits per heavy atom. The van der Waals surface area contributed by atoms with Gasteiger partial charge in [0.2, 0.25) is 0 Å². The number of anilines is 1. The fourth-order valence-electron chi connectivity index (χ4n) is 5.61. The molecule has 0 spiro atoms. The molecular formula is C36H46N4O7. The van der Waals surface area contributed by atoms with Gasteiger partial charge >= 0.3 is 5.97 Å². The number of carbonyl (C=O) groups is 3. The van der Waals surface area contributed by atoms with Gasteiger partial charge in [0.05, 0.1) is 36.0 Å². The van der Waals surface area contributed by atoms with Crippen molar-refractivity contribution in [3.05, 3.63) is 89.2 Å². The summed E-state index contributed by atoms with van der Waals surface area (Å²) in [6.45, 7) is 7.63. The number of nitrogens with zero attached hydrogens (tertiary/aromatic N) is 3. The first kappa shape index (κ1) is 35.5. The predicted molar refractivity (Wildman–Crippen MR) is 179 cm³/mol. The number of aromatic nitrogens is 1. The lowest BCUT2D eigenvalue weighted by Gasteiger charge is -2.36. The van der Waals surface area contributed by atoms with Crippen LogP contribution in [0, 0.1) is 5.92 Å². The second-order valence-electron chi connectivity index (χ2n) is 12.4. The number of benzene rings is 2. The van der Waals surface area contributed by atoms with Crippen molar-refractivity contribution in [1.29, 1.82) is 0 Å². The van der Waals surface area contributed by atoms with Gasteiger partial charge in [-0.1, -0.05) is 19.1 Å². The van der Waals surface area contributed by atoms with Gasteiger partial charge in [0.1, 0.15) is 5.75 Å². The summed E-state index contributed by atoms with van der Waals surface area (Å²) in [5, 5.41) is 22.3. The van der Waals surface area contributed by atoms with Gasteiger partial charge in [-0.25, -0.2) is 4.79 Å². The summed E-state index contributed by atoms with van der Waals surface area (Å²) in [5.41, 5.74) is 2.41. The van der Waals surface area contributed by atoms with Crippen molar-refractivity contribution in [2.24, 2.45) is 5.92 Å². The molecule has 3 aromatic rings. The zero-order valence-corrected chi connectivity index (χ0v) is 27.6. The van der Waals surface area contributed by atoms with E-state index >= 15 is 0 Å². The number of carbonyl (C=O) groups excluding carboxylic acids is 2. The van der Waals surface area contributed by atoms with Crippen molar-refractivity contribution in [3.63, 3.8) is 0 Å². The zero-order valence-electron chi connectivity index (χ0n) is 27.6. The molecule has 4 rings (SSSR count). The Morgan fingerprint density at radius 3 is 2.47 bits per heavy atom. The third-order valence-corrected chi connectivity index (χ3v) is 8.40. The van der Waals surface area contributed by atoms with E-state index in [0.29, 0.717) is 48.8 Å². The molecule has 47 heavy (non-hydrogen) atoms. The fraction of sp³-hybridized carbons (Fsp3) is 0.444. The number of carboxylic acid groups (broad SMARTS) is 1. The van der Waals surface area contributed by atoms with Crippen molar-refractivity contribution < 1.29 is 34.1 Å². The SMILES string of the molecule is C[C@H]1CCCCO[C@@H](CN(C)Cc2ccc(C(=O)O)cc2)[C@@H](C)CN([C@@H](C)CO)C(=O)c2cc(NC(=O)c3ccncc3)ccc2O1. The Kier molecular flexibility index (Phi) is 12.9. The highest BCUT2D eigenvalue weighted by Crippen LogP contribution is 2.29. The van der Waals surface area contributed by atoms with Crippen molar-refractivity contribution in [2.75, 3.05) is 38.7 Å². The van der Waals surface area contributed by atoms with Crippen LogP contribution >= 0.6 is 0 Å². The van der Waals surface area contributed by atoms with Crippen LogP contribution in [0.2, 0.25) is 0 Å². The Hall–Kier alpha value is -4.32. The van der Waals surface area contributed by atoms with Crippen LogP contribution in [-0.2, 0) is 11.3 Å². The highest BCUT2D eigenvalue weighted by atomic mass is 16.5. The van der Waals surface area contributed by atoms with Crippen LogP contribution in [0.1, 0.15) is 76.7 Å². The first-order valence-corrected chi connectivity index (χ1v) is 16.1. The second-order valence-corrected chi connectivity index (χ2v) is 12.4. The molecule has 1 aliphatic rings. The average Bonchev–Trinajstić information content (AvgIpc) is 3.06. The molecule has 0 bridgehead atoms. The number of nitrogens with one attached hydrogen (secondary N) is 1. The van der Waals surface area contributed by atoms with Crippen molar-refractivity contribution >= 4 is 23.5 Å². The van der Waals surface area contributed by atoms with Crippen LogP contribution in [0.3, 0.4) is 0 Å². The summed E-state index contributed by atoms with van der Waals surface area (Å²) in [7, 11) is 1.99. The number of hydrogen-bond donors (Lipinski definition) is 3. The van der Waals surface area contributed by atoms with Crippen LogP contribution in [0.5, 0.6) is 5.75 Å². The third kappa shape index (κ3) is 10.1. The maximum Gasteiger partial charge on any atom is 0.335 e. The Bertz CT molecular complexity index is 1480. The molecule has 4 atom stereocenters. The van der Waals surface area contributed by atoms with E-state index < -0.39 is 12.0 Å². The van der Waals surface area contributed by atoms with E-state index in [4.69, 9.17) is 9.47 Å². The van der Waals surface area contributed by atoms with Crippen LogP contribution < -0.4 is 10.1 Å². The smallest absolute Gasteiger partial charge is 0.335 e. The molecule has 0 saturated carbocycles. The van der Waals surface area contributed by atoms with E-state index in [0.717, 1.165) is 24.8 Å². The molecule has 11 nitrogen and oxygen atoms in total. The first-order chi connectivity index (χ1) is 22.5. The Labute approximate surface area is 276 Å². The molecule has 2 heterocycles. The molecule has 2 amide bonds. The zero-order chi connectivity index (χ0) is 33.9. The molecule has 1 aromatic heterocycles. The molecule has 1 aliphatic heterocycles. The monoisotopic (exact) mass is 646 g/mol. The highest BCUT2D eigenvalue weighted by Gasteiger charge is 2.30. The number of pyridine rings is 1. The van der Waals surface area contributed by atoms with E-state index in [9.17, 15) is 24.6 Å². The topological polar surface area (TPSA) is 142 Å². The molecule has 252 valence electrons. The van der Waals surface area contributed by atoms with Gasteiger partial charge in [-0.2, -0.15) is 0 Å². The lowest BCUT2D eigenvalue weighted by molar-refractivity contribution is -0.0177. The van der Waals surface area contributed by atoms with Gasteiger partial charge in [0, 0.05) is 55.8 Å². The molecule has 0 saturated heterocycles. The van der Waals surface area contributed by atoms with E-state index in [2.05, 4.69) is 15.2 Å². The van der Waals surface area contributed by atoms with Crippen LogP contribution in [0.15, 0.2) is 67.0 Å². The molecule has 0 fully saturated rings. The van der Waals surface area contributed by atoms with Crippen molar-refractivity contribution in [2.45, 2.75) is 64.8 Å². The summed E-state index contributed by atoms with van der Waals surface area (Å²) < 4.78 is 12.7. The minimum Gasteiger partial charge on any atom is -0.490 e. The number of carboxylic acids is 1. The van der Waals surface area contributed by atoms with Gasteiger partial charge in [-0.3, -0.25) is 19.5 Å². The number of aromatic carboxylic acids is 1. The highest BCUT2D eigenvalue weighted by molar-refractivity contribution is 6.05. The van der Waals surface area contributed by atoms with Crippen LogP contribution in [0.4, 0.5) is 5.69 Å². The fourth-order valence-corrected chi connectivity index (χ4v) is 5.61. The number of aliphatic hydroxyl groups excluding tert-OH is 1. The molecule has 3 N–H and O–H groups in total. The number of likely N-dealkylation sites (N-methyl/N-ethyl adjacent to an activating group) is 1. The molecule has 0 aliphatic carbocycles. The normalized spacial score (nSPS) is 20.1. The minimum atomic E-state index is -0.961. The molecule has 2 aromatic carbocycles. The van der Waals surface area contributed by atoms with Gasteiger partial charge < -0.3 is 29.9 Å². The second kappa shape index (κ2) is 17.0. The van der Waals surface area contributed by atoms with E-state index in [1.165, 1.54) is 0 Å². The van der Waals surface area contributed by atoms with Crippen LogP contribution in [0.25, 0.3) is 0 Å². The molecule has 11 heteroatoms. The number of fused-ring (bicyclic) bond motifs is 1. The standard InChI is InChI=1S/C36H46N4O7/c1-24-20-40(25(2)23-41)35(43)31-19-30(38-34(42)28-14-16-37-17-15-28)12-13-32(31)47-26(3)7-5-6-18-46-33(24)22-39(4)21-27-8-10-29(11-9-27)36(44)45/h8-17,19,24-26,33,41H,5-7,18,20-23H2,1-4H3,(H,38,42)(H,44,45)/t24-,25-,26-,33-/m0/s1. The summed E-state index contributed by atoms with van der Waals surface area (Å²) >= 11 is 0. The molecule has 0 unspecified atom stereocenters. The molecule has 0 radical (unpaired) electrons. The quantitative estimate of drug-likeness (QED) is 0.294. The number of ether oxygens (including phenoxy) is 2. The van der Waals surface area contributed by atoms with Gasteiger partial charge in [-0.15, -0.1) is 0 Å². The first-order valence-electron chi connectivity index (χ1n) is 16.1. The Morgan fingerprint density at radius 2 is 1.79 bits per heavy atom. The minimum absolute atomic E-state index is 0.106. The van der Waals surface area contributed by atoms with Gasteiger partial charge in [-0.05, 0) is 88.2 Å². The number of rotatable bonds is 9. The summed E-state index contributed by atoms with van der Waals surface area (Å²) in [6.07, 6.45) is 5.19. The van der Waals surface area contributed by atoms with E-state index in [1.807, 2.05) is 33.0 Å². The number of aliphatic hydroxyl groups is 1. The summed E-state index contributed by atoms with van der Waals surface area (Å²) in [6, 6.07) is 14.6. The maximum absolute atomic E-state index is 14.3. The average molecular weight is 647 g/mol. The van der Waals surface area contributed by atoms with Crippen molar-refractivity contribution in [3.8, 4) is 5.75 Å². The Balaban J connectivity index is 1.59. The number of amides is 2. The lowest BCUT2D eigenvalue weighted by atomic mass is 10.0. The van der Waals surface area contributed by atoms with Crippen LogP contribution in [-0.4, -0.2) is 94.4 Å². The van der Waals surface area contributed by atoms with Gasteiger partial charge in [0.25, 0.3) is 11.8 Å². The molecular weight excluding hydrogens is 600 g/mol. The summed E-state index contributed by atoms with van der Waals surface area (Å²) in [4.78, 5) is 46.2. The maximum atomic E-state index is 14.3. The predicted octanol–water partition coefficient (Wildman–Crippen LogP) is 4.96. The summed E-state index contributed by atoms with van der Waals surface area (Å²) in [5.74, 6) is -1.29. The third-order valence-electron chi connectivity index (χ3n) is 8.40. The van der Waals surface area contributed by atoms with Gasteiger partial charge in [0.15, 0.2) is 0 Å². The lowest BCUT2D eigenvalue weighted by Crippen LogP contribution is -2.47. The number of hydrogen-bond acceptors (Lipinski definition) is 8. The van der Waals surface area contributed by atoms with E-state index in [1.54, 1.807) is 66.7 Å². The van der Waals surface area contributed by atoms with E-state index in [-0.39, 0.29) is 42.1 Å². The largest absolute Gasteiger partial charge is 0.490 e. The van der Waals surface area contributed by atoms with Crippen molar-refractivity contribution in [1.82, 2.24) is 14.8 Å².